The van der Waals surface area contributed by atoms with Crippen LogP contribution in [-0.4, -0.2) is 14.2 Å². The second-order valence-electron chi connectivity index (χ2n) is 7.50. The van der Waals surface area contributed by atoms with E-state index in [0.29, 0.717) is 0 Å². The molecule has 0 radical (unpaired) electrons. The van der Waals surface area contributed by atoms with Gasteiger partial charge >= 0.3 is 33.0 Å². The van der Waals surface area contributed by atoms with E-state index in [4.69, 9.17) is 9.47 Å². The average molecular weight is 577 g/mol. The third-order valence-corrected chi connectivity index (χ3v) is 7.88. The number of hydrogen-bond acceptors (Lipinski definition) is 3. The number of rotatable bonds is 7. The van der Waals surface area contributed by atoms with Crippen LogP contribution in [-0.2, 0) is 10.9 Å². The molecule has 0 unspecified atom stereocenters. The van der Waals surface area contributed by atoms with Crippen molar-refractivity contribution in [1.82, 2.24) is 0 Å². The minimum atomic E-state index is -10.7. The van der Waals surface area contributed by atoms with Crippen molar-refractivity contribution >= 4 is 30.5 Å². The second kappa shape index (κ2) is 10.9. The number of halogens is 6. The van der Waals surface area contributed by atoms with Crippen molar-refractivity contribution in [2.45, 2.75) is 24.5 Å². The molecular weight excluding hydrogens is 553 g/mol. The molecule has 4 aromatic carbocycles. The molecule has 37 heavy (non-hydrogen) atoms. The Kier molecular flexibility index (Phi) is 8.47. The number of methoxy groups -OCH3 is 2. The third kappa shape index (κ3) is 10.6. The zero-order valence-electron chi connectivity index (χ0n) is 19.7. The normalized spacial score (nSPS) is 13.1. The van der Waals surface area contributed by atoms with Gasteiger partial charge in [-0.05, 0) is 84.9 Å². The van der Waals surface area contributed by atoms with E-state index in [1.165, 1.54) is 24.5 Å². The molecule has 2 nitrogen and oxygen atoms in total. The Morgan fingerprint density at radius 2 is 0.838 bits per heavy atom. The summed E-state index contributed by atoms with van der Waals surface area (Å²) in [7, 11) is -7.48. The van der Waals surface area contributed by atoms with Gasteiger partial charge in [0.05, 0.1) is 25.1 Å². The summed E-state index contributed by atoms with van der Waals surface area (Å²) in [6, 6.07) is 36.1. The van der Waals surface area contributed by atoms with Crippen molar-refractivity contribution in [3.63, 3.8) is 0 Å². The summed E-state index contributed by atoms with van der Waals surface area (Å²) in [5.41, 5.74) is 0. The summed E-state index contributed by atoms with van der Waals surface area (Å²) >= 11 is 1.78. The van der Waals surface area contributed by atoms with Crippen LogP contribution in [0.15, 0.2) is 128 Å². The first-order valence-electron chi connectivity index (χ1n) is 10.6. The standard InChI is InChI=1S/C26H23O2S2.F6P/c1-27-20-8-14-24(15-9-20)30(25-16-10-21(28-2)11-17-25)26-18-12-23(13-19-26)29-22-6-4-3-5-7-22;1-7(2,3,4,5)6/h3-19H,1-2H3;/q+1;-1. The summed E-state index contributed by atoms with van der Waals surface area (Å²) in [6.07, 6.45) is 0. The van der Waals surface area contributed by atoms with Crippen LogP contribution in [0.4, 0.5) is 25.2 Å². The third-order valence-electron chi connectivity index (χ3n) is 4.63. The Bertz CT molecular complexity index is 1230. The second-order valence-corrected chi connectivity index (χ2v) is 12.6. The molecule has 0 fully saturated rings. The molecule has 0 spiro atoms. The molecule has 0 aliphatic heterocycles. The molecular formula is C26H23F6O2PS2. The fourth-order valence-electron chi connectivity index (χ4n) is 3.10. The molecule has 0 heterocycles. The number of benzene rings is 4. The van der Waals surface area contributed by atoms with E-state index in [0.717, 1.165) is 11.5 Å². The van der Waals surface area contributed by atoms with E-state index >= 15 is 0 Å². The Labute approximate surface area is 218 Å². The van der Waals surface area contributed by atoms with Crippen molar-refractivity contribution in [1.29, 1.82) is 0 Å². The van der Waals surface area contributed by atoms with Gasteiger partial charge in [-0.15, -0.1) is 0 Å². The maximum atomic E-state index is 9.87. The molecule has 0 amide bonds. The van der Waals surface area contributed by atoms with Crippen molar-refractivity contribution in [3.05, 3.63) is 103 Å². The summed E-state index contributed by atoms with van der Waals surface area (Å²) in [4.78, 5) is 6.27. The van der Waals surface area contributed by atoms with Crippen LogP contribution in [0.25, 0.3) is 0 Å². The molecule has 0 atom stereocenters. The Morgan fingerprint density at radius 1 is 0.514 bits per heavy atom. The van der Waals surface area contributed by atoms with E-state index < -0.39 is 7.81 Å². The van der Waals surface area contributed by atoms with Gasteiger partial charge in [-0.25, -0.2) is 0 Å². The summed E-state index contributed by atoms with van der Waals surface area (Å²) in [5.74, 6) is 1.73. The molecule has 0 saturated carbocycles. The van der Waals surface area contributed by atoms with Gasteiger partial charge in [0.1, 0.15) is 11.5 Å². The predicted molar refractivity (Wildman–Crippen MR) is 139 cm³/mol. The summed E-state index contributed by atoms with van der Waals surface area (Å²) in [6.45, 7) is 0. The van der Waals surface area contributed by atoms with Crippen LogP contribution < -0.4 is 9.47 Å². The van der Waals surface area contributed by atoms with E-state index in [2.05, 4.69) is 72.8 Å². The van der Waals surface area contributed by atoms with Gasteiger partial charge in [0.25, 0.3) is 0 Å². The SMILES string of the molecule is COc1ccc([S+](c2ccc(OC)cc2)c2ccc(Sc3ccccc3)cc2)cc1.F[P-](F)(F)(F)(F)F. The minimum absolute atomic E-state index is 0.210. The first kappa shape index (κ1) is 28.8. The van der Waals surface area contributed by atoms with Crippen LogP contribution >= 0.6 is 19.6 Å². The van der Waals surface area contributed by atoms with E-state index in [9.17, 15) is 25.2 Å². The molecule has 0 N–H and O–H groups in total. The predicted octanol–water partition coefficient (Wildman–Crippen LogP) is 10.3. The molecule has 0 aliphatic carbocycles. The topological polar surface area (TPSA) is 18.5 Å². The molecule has 0 aliphatic rings. The Morgan fingerprint density at radius 3 is 1.19 bits per heavy atom. The van der Waals surface area contributed by atoms with Crippen molar-refractivity contribution in [3.8, 4) is 11.5 Å². The first-order valence-corrected chi connectivity index (χ1v) is 14.7. The fourth-order valence-corrected chi connectivity index (χ4v) is 5.98. The zero-order valence-corrected chi connectivity index (χ0v) is 22.2. The average Bonchev–Trinajstić information content (AvgIpc) is 2.85. The first-order chi connectivity index (χ1) is 17.2. The Hall–Kier alpha value is -2.81. The van der Waals surface area contributed by atoms with Crippen LogP contribution in [0.3, 0.4) is 0 Å². The monoisotopic (exact) mass is 576 g/mol. The number of hydrogen-bond donors (Lipinski definition) is 0. The molecule has 4 aromatic rings. The van der Waals surface area contributed by atoms with Crippen LogP contribution in [0, 0.1) is 0 Å². The van der Waals surface area contributed by atoms with Gasteiger partial charge < -0.3 is 9.47 Å². The van der Waals surface area contributed by atoms with E-state index in [1.807, 2.05) is 30.3 Å². The van der Waals surface area contributed by atoms with Gasteiger partial charge in [0.2, 0.25) is 0 Å². The molecule has 0 bridgehead atoms. The van der Waals surface area contributed by atoms with Crippen molar-refractivity contribution in [2.24, 2.45) is 0 Å². The van der Waals surface area contributed by atoms with Gasteiger partial charge in [-0.1, -0.05) is 30.0 Å². The van der Waals surface area contributed by atoms with E-state index in [-0.39, 0.29) is 10.9 Å². The van der Waals surface area contributed by atoms with E-state index in [1.54, 1.807) is 26.0 Å². The maximum absolute atomic E-state index is 10.7. The molecule has 11 heteroatoms. The van der Waals surface area contributed by atoms with Gasteiger partial charge in [0.15, 0.2) is 14.7 Å². The van der Waals surface area contributed by atoms with Gasteiger partial charge in [-0.2, -0.15) is 0 Å². The van der Waals surface area contributed by atoms with Gasteiger partial charge in [0, 0.05) is 9.79 Å². The summed E-state index contributed by atoms with van der Waals surface area (Å²) < 4.78 is 69.9. The molecule has 0 aromatic heterocycles. The molecule has 198 valence electrons. The summed E-state index contributed by atoms with van der Waals surface area (Å²) in [5, 5.41) is 0. The Balaban J connectivity index is 0.000000479. The molecule has 0 saturated heterocycles. The van der Waals surface area contributed by atoms with Crippen LogP contribution in [0.5, 0.6) is 11.5 Å². The van der Waals surface area contributed by atoms with Crippen LogP contribution in [0.1, 0.15) is 0 Å². The quantitative estimate of drug-likeness (QED) is 0.124. The number of ether oxygens (including phenoxy) is 2. The van der Waals surface area contributed by atoms with Crippen LogP contribution in [0.2, 0.25) is 0 Å². The zero-order chi connectivity index (χ0) is 27.2. The van der Waals surface area contributed by atoms with Gasteiger partial charge in [-0.3, -0.25) is 0 Å². The molecule has 4 rings (SSSR count). The fraction of sp³-hybridized carbons (Fsp3) is 0.0769. The van der Waals surface area contributed by atoms with Crippen molar-refractivity contribution in [2.75, 3.05) is 14.2 Å². The van der Waals surface area contributed by atoms with Crippen molar-refractivity contribution < 1.29 is 34.7 Å².